The van der Waals surface area contributed by atoms with Crippen molar-refractivity contribution < 1.29 is 22.7 Å². The minimum absolute atomic E-state index is 0.0693. The molecule has 3 aromatic carbocycles. The molecule has 0 unspecified atom stereocenters. The summed E-state index contributed by atoms with van der Waals surface area (Å²) in [5.41, 5.74) is 1.98. The fraction of sp³-hybridized carbons (Fsp3) is 0.160. The van der Waals surface area contributed by atoms with E-state index in [1.807, 2.05) is 13.0 Å². The number of methoxy groups -OCH3 is 2. The molecule has 0 saturated carbocycles. The zero-order chi connectivity index (χ0) is 25.3. The van der Waals surface area contributed by atoms with Crippen LogP contribution in [0.2, 0.25) is 5.02 Å². The van der Waals surface area contributed by atoms with Crippen LogP contribution in [0.3, 0.4) is 0 Å². The number of nitrogens with one attached hydrogen (secondary N) is 1. The van der Waals surface area contributed by atoms with E-state index < -0.39 is 10.0 Å². The third-order valence-corrected chi connectivity index (χ3v) is 8.83. The Bertz CT molecular complexity index is 1530. The van der Waals surface area contributed by atoms with Gasteiger partial charge in [0.1, 0.15) is 0 Å². The van der Waals surface area contributed by atoms with Crippen LogP contribution in [0, 0.1) is 6.92 Å². The van der Waals surface area contributed by atoms with Gasteiger partial charge in [0.15, 0.2) is 11.5 Å². The van der Waals surface area contributed by atoms with Crippen molar-refractivity contribution in [1.29, 1.82) is 0 Å². The zero-order valence-electron chi connectivity index (χ0n) is 19.5. The number of hydrogen-bond acceptors (Lipinski definition) is 6. The molecule has 0 bridgehead atoms. The van der Waals surface area contributed by atoms with Crippen molar-refractivity contribution >= 4 is 60.3 Å². The van der Waals surface area contributed by atoms with Crippen LogP contribution in [0.25, 0.3) is 10.1 Å². The summed E-state index contributed by atoms with van der Waals surface area (Å²) in [7, 11) is 0.547. The lowest BCUT2D eigenvalue weighted by Gasteiger charge is -2.20. The zero-order valence-corrected chi connectivity index (χ0v) is 21.8. The van der Waals surface area contributed by atoms with Crippen LogP contribution < -0.4 is 19.1 Å². The van der Waals surface area contributed by atoms with E-state index >= 15 is 0 Å². The molecule has 1 aromatic heterocycles. The molecule has 0 spiro atoms. The number of aryl methyl sites for hydroxylation is 1. The van der Waals surface area contributed by atoms with Gasteiger partial charge >= 0.3 is 0 Å². The van der Waals surface area contributed by atoms with E-state index in [9.17, 15) is 13.2 Å². The normalized spacial score (nSPS) is 11.3. The van der Waals surface area contributed by atoms with Crippen molar-refractivity contribution in [3.05, 3.63) is 76.1 Å². The molecule has 1 heterocycles. The summed E-state index contributed by atoms with van der Waals surface area (Å²) < 4.78 is 39.0. The summed E-state index contributed by atoms with van der Waals surface area (Å²) in [5.74, 6) is 0.493. The van der Waals surface area contributed by atoms with Gasteiger partial charge in [0.2, 0.25) is 0 Å². The second kappa shape index (κ2) is 9.77. The van der Waals surface area contributed by atoms with Crippen LogP contribution in [0.4, 0.5) is 11.4 Å². The van der Waals surface area contributed by atoms with Gasteiger partial charge in [0.05, 0.1) is 29.7 Å². The topological polar surface area (TPSA) is 84.9 Å². The molecule has 7 nitrogen and oxygen atoms in total. The van der Waals surface area contributed by atoms with E-state index in [2.05, 4.69) is 5.32 Å². The molecule has 4 rings (SSSR count). The number of thiophene rings is 1. The Morgan fingerprint density at radius 2 is 1.71 bits per heavy atom. The average Bonchev–Trinajstić information content (AvgIpc) is 3.29. The van der Waals surface area contributed by atoms with Crippen molar-refractivity contribution in [3.8, 4) is 11.5 Å². The first-order chi connectivity index (χ1) is 16.6. The Kier molecular flexibility index (Phi) is 6.93. The van der Waals surface area contributed by atoms with Crippen LogP contribution >= 0.6 is 22.9 Å². The second-order valence-corrected chi connectivity index (χ2v) is 11.2. The van der Waals surface area contributed by atoms with Crippen molar-refractivity contribution in [3.63, 3.8) is 0 Å². The third-order valence-electron chi connectivity index (χ3n) is 5.53. The summed E-state index contributed by atoms with van der Waals surface area (Å²) in [6.45, 7) is 1.89. The lowest BCUT2D eigenvalue weighted by molar-refractivity contribution is 0.103. The number of halogens is 1. The predicted molar refractivity (Wildman–Crippen MR) is 141 cm³/mol. The van der Waals surface area contributed by atoms with Crippen molar-refractivity contribution in [2.45, 2.75) is 11.8 Å². The molecule has 1 amide bonds. The molecule has 0 aliphatic carbocycles. The molecular formula is C25H23ClN2O5S2. The van der Waals surface area contributed by atoms with E-state index in [0.29, 0.717) is 32.8 Å². The van der Waals surface area contributed by atoms with Gasteiger partial charge in [-0.3, -0.25) is 9.10 Å². The van der Waals surface area contributed by atoms with Crippen molar-refractivity contribution in [2.75, 3.05) is 30.9 Å². The molecule has 0 aliphatic heterocycles. The Labute approximate surface area is 212 Å². The van der Waals surface area contributed by atoms with Gasteiger partial charge in [-0.2, -0.15) is 0 Å². The first-order valence-electron chi connectivity index (χ1n) is 10.5. The lowest BCUT2D eigenvalue weighted by Crippen LogP contribution is -2.26. The minimum atomic E-state index is -3.87. The van der Waals surface area contributed by atoms with Crippen molar-refractivity contribution in [1.82, 2.24) is 0 Å². The number of anilines is 2. The highest BCUT2D eigenvalue weighted by atomic mass is 35.5. The molecule has 0 saturated heterocycles. The summed E-state index contributed by atoms with van der Waals surface area (Å²) in [6, 6.07) is 16.8. The van der Waals surface area contributed by atoms with Crippen LogP contribution in [0.15, 0.2) is 65.6 Å². The SMILES string of the molecule is COc1ccc(S(=O)(=O)N(C)c2ccc3sc(C(=O)Nc4ccc(C)c(Cl)c4)cc3c2)cc1OC. The van der Waals surface area contributed by atoms with E-state index in [-0.39, 0.29) is 10.8 Å². The first-order valence-corrected chi connectivity index (χ1v) is 13.1. The molecule has 1 N–H and O–H groups in total. The highest BCUT2D eigenvalue weighted by molar-refractivity contribution is 7.92. The summed E-state index contributed by atoms with van der Waals surface area (Å²) in [6.07, 6.45) is 0. The van der Waals surface area contributed by atoms with Crippen molar-refractivity contribution in [2.24, 2.45) is 0 Å². The van der Waals surface area contributed by atoms with Gasteiger partial charge in [0.25, 0.3) is 15.9 Å². The fourth-order valence-corrected chi connectivity index (χ4v) is 5.80. The van der Waals surface area contributed by atoms with E-state index in [4.69, 9.17) is 21.1 Å². The van der Waals surface area contributed by atoms with Crippen LogP contribution in [-0.2, 0) is 10.0 Å². The number of sulfonamides is 1. The number of rotatable bonds is 7. The highest BCUT2D eigenvalue weighted by Crippen LogP contribution is 2.34. The summed E-state index contributed by atoms with van der Waals surface area (Å²) >= 11 is 7.47. The maximum Gasteiger partial charge on any atom is 0.265 e. The molecular weight excluding hydrogens is 508 g/mol. The van der Waals surface area contributed by atoms with E-state index in [1.165, 1.54) is 49.0 Å². The molecule has 4 aromatic rings. The smallest absolute Gasteiger partial charge is 0.265 e. The highest BCUT2D eigenvalue weighted by Gasteiger charge is 2.24. The Hall–Kier alpha value is -3.27. The quantitative estimate of drug-likeness (QED) is 0.319. The minimum Gasteiger partial charge on any atom is -0.493 e. The lowest BCUT2D eigenvalue weighted by atomic mass is 10.2. The Morgan fingerprint density at radius 1 is 0.971 bits per heavy atom. The van der Waals surface area contributed by atoms with Crippen LogP contribution in [-0.4, -0.2) is 35.6 Å². The number of fused-ring (bicyclic) bond motifs is 1. The number of carbonyl (C=O) groups excluding carboxylic acids is 1. The predicted octanol–water partition coefficient (Wildman–Crippen LogP) is 5.96. The van der Waals surface area contributed by atoms with Gasteiger partial charge in [-0.25, -0.2) is 8.42 Å². The number of hydrogen-bond donors (Lipinski definition) is 1. The molecule has 10 heteroatoms. The number of ether oxygens (including phenoxy) is 2. The number of amides is 1. The fourth-order valence-electron chi connectivity index (χ4n) is 3.48. The standard InChI is InChI=1S/C25H23ClN2O5S2/c1-15-5-6-17(13-20(15)26)27-25(29)24-12-16-11-18(7-10-23(16)34-24)28(2)35(30,31)19-8-9-21(32-3)22(14-19)33-4/h5-14H,1-4H3,(H,27,29). The monoisotopic (exact) mass is 530 g/mol. The largest absolute Gasteiger partial charge is 0.493 e. The summed E-state index contributed by atoms with van der Waals surface area (Å²) in [4.78, 5) is 13.4. The second-order valence-electron chi connectivity index (χ2n) is 7.74. The van der Waals surface area contributed by atoms with Crippen LogP contribution in [0.1, 0.15) is 15.2 Å². The maximum absolute atomic E-state index is 13.3. The molecule has 182 valence electrons. The number of carbonyl (C=O) groups is 1. The van der Waals surface area contributed by atoms with E-state index in [0.717, 1.165) is 15.6 Å². The molecule has 0 radical (unpaired) electrons. The Morgan fingerprint density at radius 3 is 2.40 bits per heavy atom. The van der Waals surface area contributed by atoms with Gasteiger partial charge in [-0.1, -0.05) is 17.7 Å². The molecule has 0 aliphatic rings. The van der Waals surface area contributed by atoms with Gasteiger partial charge in [-0.15, -0.1) is 11.3 Å². The summed E-state index contributed by atoms with van der Waals surface area (Å²) in [5, 5.41) is 4.18. The Balaban J connectivity index is 1.61. The molecule has 35 heavy (non-hydrogen) atoms. The average molecular weight is 531 g/mol. The maximum atomic E-state index is 13.3. The number of nitrogens with zero attached hydrogens (tertiary/aromatic N) is 1. The van der Waals surface area contributed by atoms with Gasteiger partial charge in [0, 0.05) is 28.5 Å². The van der Waals surface area contributed by atoms with E-state index in [1.54, 1.807) is 42.5 Å². The molecule has 0 fully saturated rings. The number of benzene rings is 3. The molecule has 0 atom stereocenters. The first kappa shape index (κ1) is 24.8. The van der Waals surface area contributed by atoms with Gasteiger partial charge < -0.3 is 14.8 Å². The van der Waals surface area contributed by atoms with Gasteiger partial charge in [-0.05, 0) is 66.4 Å². The van der Waals surface area contributed by atoms with Crippen LogP contribution in [0.5, 0.6) is 11.5 Å². The third kappa shape index (κ3) is 4.93.